The lowest BCUT2D eigenvalue weighted by Crippen LogP contribution is -2.51. The third kappa shape index (κ3) is 3.70. The van der Waals surface area contributed by atoms with E-state index in [9.17, 15) is 9.59 Å². The van der Waals surface area contributed by atoms with Crippen molar-refractivity contribution >= 4 is 22.7 Å². The van der Waals surface area contributed by atoms with E-state index in [0.717, 1.165) is 42.5 Å². The molecule has 6 heteroatoms. The Hall–Kier alpha value is -2.47. The van der Waals surface area contributed by atoms with Gasteiger partial charge in [0.1, 0.15) is 0 Å². The number of aryl methyl sites for hydroxylation is 1. The Balaban J connectivity index is 1.41. The number of fused-ring (bicyclic) bond motifs is 1. The molecule has 1 saturated heterocycles. The number of nitrogens with zero attached hydrogens (tertiary/aromatic N) is 3. The summed E-state index contributed by atoms with van der Waals surface area (Å²) in [5.41, 5.74) is 2.42. The summed E-state index contributed by atoms with van der Waals surface area (Å²) < 4.78 is 0. The summed E-state index contributed by atoms with van der Waals surface area (Å²) in [7, 11) is 0. The highest BCUT2D eigenvalue weighted by Gasteiger charge is 2.27. The van der Waals surface area contributed by atoms with E-state index in [4.69, 9.17) is 0 Å². The number of nitrogens with one attached hydrogen (secondary N) is 1. The first kappa shape index (κ1) is 17.0. The van der Waals surface area contributed by atoms with Gasteiger partial charge in [0.05, 0.1) is 17.6 Å². The molecule has 1 saturated carbocycles. The van der Waals surface area contributed by atoms with Crippen LogP contribution in [0.1, 0.15) is 28.9 Å². The van der Waals surface area contributed by atoms with Gasteiger partial charge in [-0.2, -0.15) is 0 Å². The van der Waals surface area contributed by atoms with Gasteiger partial charge in [0.2, 0.25) is 5.91 Å². The maximum Gasteiger partial charge on any atom is 0.254 e. The maximum atomic E-state index is 13.0. The highest BCUT2D eigenvalue weighted by Crippen LogP contribution is 2.21. The molecule has 2 amide bonds. The molecule has 136 valence electrons. The number of piperazine rings is 1. The Morgan fingerprint density at radius 3 is 2.62 bits per heavy atom. The summed E-state index contributed by atoms with van der Waals surface area (Å²) >= 11 is 0. The number of aromatic nitrogens is 1. The minimum absolute atomic E-state index is 0.0498. The van der Waals surface area contributed by atoms with Crippen LogP contribution in [0, 0.1) is 6.92 Å². The van der Waals surface area contributed by atoms with E-state index in [0.29, 0.717) is 31.2 Å². The molecule has 1 aliphatic carbocycles. The third-order valence-electron chi connectivity index (χ3n) is 5.04. The Morgan fingerprint density at radius 1 is 1.15 bits per heavy atom. The average Bonchev–Trinajstić information content (AvgIpc) is 3.45. The third-order valence-corrected chi connectivity index (χ3v) is 5.04. The Kier molecular flexibility index (Phi) is 4.59. The van der Waals surface area contributed by atoms with Crippen LogP contribution in [0.4, 0.5) is 0 Å². The summed E-state index contributed by atoms with van der Waals surface area (Å²) in [6.07, 6.45) is 2.21. The van der Waals surface area contributed by atoms with E-state index in [1.165, 1.54) is 0 Å². The second-order valence-corrected chi connectivity index (χ2v) is 7.24. The van der Waals surface area contributed by atoms with Gasteiger partial charge in [0, 0.05) is 43.3 Å². The molecule has 1 aliphatic heterocycles. The van der Waals surface area contributed by atoms with Crippen LogP contribution in [0.15, 0.2) is 30.3 Å². The Morgan fingerprint density at radius 2 is 1.88 bits per heavy atom. The molecular weight excluding hydrogens is 328 g/mol. The summed E-state index contributed by atoms with van der Waals surface area (Å²) in [6, 6.07) is 10.0. The molecule has 1 N–H and O–H groups in total. The predicted molar refractivity (Wildman–Crippen MR) is 100.0 cm³/mol. The maximum absolute atomic E-state index is 13.0. The van der Waals surface area contributed by atoms with Crippen LogP contribution in [0.25, 0.3) is 10.9 Å². The molecule has 2 heterocycles. The monoisotopic (exact) mass is 352 g/mol. The van der Waals surface area contributed by atoms with Gasteiger partial charge < -0.3 is 10.2 Å². The van der Waals surface area contributed by atoms with E-state index >= 15 is 0 Å². The van der Waals surface area contributed by atoms with Gasteiger partial charge in [-0.05, 0) is 31.9 Å². The lowest BCUT2D eigenvalue weighted by molar-refractivity contribution is -0.122. The molecule has 0 atom stereocenters. The molecule has 26 heavy (non-hydrogen) atoms. The molecule has 0 bridgehead atoms. The number of amides is 2. The second kappa shape index (κ2) is 7.03. The molecule has 0 radical (unpaired) electrons. The van der Waals surface area contributed by atoms with Crippen LogP contribution in [-0.4, -0.2) is 65.4 Å². The summed E-state index contributed by atoms with van der Waals surface area (Å²) in [6.45, 7) is 5.09. The van der Waals surface area contributed by atoms with Gasteiger partial charge in [-0.25, -0.2) is 0 Å². The van der Waals surface area contributed by atoms with Gasteiger partial charge in [0.15, 0.2) is 0 Å². The summed E-state index contributed by atoms with van der Waals surface area (Å²) in [4.78, 5) is 33.5. The van der Waals surface area contributed by atoms with Gasteiger partial charge in [-0.15, -0.1) is 0 Å². The molecule has 4 rings (SSSR count). The topological polar surface area (TPSA) is 65.5 Å². The van der Waals surface area contributed by atoms with E-state index in [1.54, 1.807) is 0 Å². The van der Waals surface area contributed by atoms with Crippen LogP contribution in [0.5, 0.6) is 0 Å². The molecular formula is C20H24N4O2. The molecule has 0 spiro atoms. The second-order valence-electron chi connectivity index (χ2n) is 7.24. The first-order valence-electron chi connectivity index (χ1n) is 9.27. The molecule has 6 nitrogen and oxygen atoms in total. The van der Waals surface area contributed by atoms with Gasteiger partial charge in [-0.3, -0.25) is 19.5 Å². The summed E-state index contributed by atoms with van der Waals surface area (Å²) in [5, 5.41) is 3.92. The van der Waals surface area contributed by atoms with Crippen LogP contribution >= 0.6 is 0 Å². The van der Waals surface area contributed by atoms with E-state index in [2.05, 4.69) is 15.2 Å². The van der Waals surface area contributed by atoms with E-state index in [1.807, 2.05) is 42.2 Å². The number of rotatable bonds is 4. The predicted octanol–water partition coefficient (Wildman–Crippen LogP) is 1.58. The van der Waals surface area contributed by atoms with Crippen LogP contribution in [0.2, 0.25) is 0 Å². The van der Waals surface area contributed by atoms with Crippen molar-refractivity contribution < 1.29 is 9.59 Å². The zero-order chi connectivity index (χ0) is 18.1. The highest BCUT2D eigenvalue weighted by molar-refractivity contribution is 6.06. The van der Waals surface area contributed by atoms with Crippen molar-refractivity contribution in [2.24, 2.45) is 0 Å². The fourth-order valence-corrected chi connectivity index (χ4v) is 3.47. The van der Waals surface area contributed by atoms with Gasteiger partial charge >= 0.3 is 0 Å². The number of para-hydroxylation sites is 1. The molecule has 2 aliphatic rings. The zero-order valence-electron chi connectivity index (χ0n) is 15.1. The van der Waals surface area contributed by atoms with Crippen molar-refractivity contribution in [2.75, 3.05) is 32.7 Å². The zero-order valence-corrected chi connectivity index (χ0v) is 15.1. The van der Waals surface area contributed by atoms with Crippen molar-refractivity contribution in [3.05, 3.63) is 41.6 Å². The highest BCUT2D eigenvalue weighted by atomic mass is 16.2. The first-order valence-corrected chi connectivity index (χ1v) is 9.27. The summed E-state index contributed by atoms with van der Waals surface area (Å²) in [5.74, 6) is 0.150. The SMILES string of the molecule is Cc1cc(C(=O)N2CCN(CC(=O)NC3CC3)CC2)c2ccccc2n1. The standard InChI is InChI=1S/C20H24N4O2/c1-14-12-17(16-4-2-3-5-18(16)21-14)20(26)24-10-8-23(9-11-24)13-19(25)22-15-6-7-15/h2-5,12,15H,6-11,13H2,1H3,(H,22,25). The van der Waals surface area contributed by atoms with Gasteiger partial charge in [0.25, 0.3) is 5.91 Å². The molecule has 2 fully saturated rings. The minimum atomic E-state index is 0.0498. The quantitative estimate of drug-likeness (QED) is 0.907. The Labute approximate surface area is 153 Å². The van der Waals surface area contributed by atoms with E-state index in [-0.39, 0.29) is 11.8 Å². The molecule has 0 unspecified atom stereocenters. The number of hydrogen-bond acceptors (Lipinski definition) is 4. The van der Waals surface area contributed by atoms with Crippen LogP contribution < -0.4 is 5.32 Å². The van der Waals surface area contributed by atoms with E-state index < -0.39 is 0 Å². The van der Waals surface area contributed by atoms with Crippen molar-refractivity contribution in [3.8, 4) is 0 Å². The van der Waals surface area contributed by atoms with Crippen molar-refractivity contribution in [3.63, 3.8) is 0 Å². The first-order chi connectivity index (χ1) is 12.6. The number of carbonyl (C=O) groups excluding carboxylic acids is 2. The van der Waals surface area contributed by atoms with Crippen molar-refractivity contribution in [1.29, 1.82) is 0 Å². The lowest BCUT2D eigenvalue weighted by atomic mass is 10.1. The normalized spacial score (nSPS) is 18.1. The number of carbonyl (C=O) groups is 2. The minimum Gasteiger partial charge on any atom is -0.352 e. The fourth-order valence-electron chi connectivity index (χ4n) is 3.47. The molecule has 1 aromatic heterocycles. The lowest BCUT2D eigenvalue weighted by Gasteiger charge is -2.34. The van der Waals surface area contributed by atoms with Crippen molar-refractivity contribution in [2.45, 2.75) is 25.8 Å². The largest absolute Gasteiger partial charge is 0.352 e. The number of hydrogen-bond donors (Lipinski definition) is 1. The Bertz CT molecular complexity index is 839. The van der Waals surface area contributed by atoms with Crippen LogP contribution in [0.3, 0.4) is 0 Å². The van der Waals surface area contributed by atoms with Crippen molar-refractivity contribution in [1.82, 2.24) is 20.1 Å². The van der Waals surface area contributed by atoms with Crippen LogP contribution in [-0.2, 0) is 4.79 Å². The fraction of sp³-hybridized carbons (Fsp3) is 0.450. The smallest absolute Gasteiger partial charge is 0.254 e. The molecule has 1 aromatic carbocycles. The van der Waals surface area contributed by atoms with Gasteiger partial charge in [-0.1, -0.05) is 18.2 Å². The number of benzene rings is 1. The molecule has 2 aromatic rings. The number of pyridine rings is 1. The average molecular weight is 352 g/mol.